The third-order valence-electron chi connectivity index (χ3n) is 4.34. The van der Waals surface area contributed by atoms with Crippen LogP contribution in [0.2, 0.25) is 0 Å². The van der Waals surface area contributed by atoms with Crippen LogP contribution in [-0.2, 0) is 12.0 Å². The van der Waals surface area contributed by atoms with Gasteiger partial charge in [-0.05, 0) is 31.2 Å². The molecule has 0 spiro atoms. The Morgan fingerprint density at radius 3 is 2.48 bits per heavy atom. The first-order valence-electron chi connectivity index (χ1n) is 8.58. The molecule has 0 N–H and O–H groups in total. The molecule has 2 aromatic carbocycles. The van der Waals surface area contributed by atoms with Crippen LogP contribution in [0.15, 0.2) is 47.5 Å². The second-order valence-corrected chi connectivity index (χ2v) is 6.52. The van der Waals surface area contributed by atoms with Crippen molar-refractivity contribution in [3.8, 4) is 11.5 Å². The third kappa shape index (κ3) is 3.59. The van der Waals surface area contributed by atoms with E-state index in [0.29, 0.717) is 23.6 Å². The van der Waals surface area contributed by atoms with Crippen molar-refractivity contribution in [2.24, 2.45) is 4.99 Å². The van der Waals surface area contributed by atoms with Crippen LogP contribution in [0.5, 0.6) is 11.5 Å². The molecule has 0 saturated heterocycles. The van der Waals surface area contributed by atoms with Crippen LogP contribution in [-0.4, -0.2) is 38.1 Å². The van der Waals surface area contributed by atoms with Crippen LogP contribution in [0.25, 0.3) is 0 Å². The molecule has 3 rings (SSSR count). The first-order valence-corrected chi connectivity index (χ1v) is 8.58. The monoisotopic (exact) mass is 378 g/mol. The predicted octanol–water partition coefficient (Wildman–Crippen LogP) is 4.70. The van der Waals surface area contributed by atoms with E-state index in [0.717, 1.165) is 0 Å². The van der Waals surface area contributed by atoms with Crippen molar-refractivity contribution in [3.63, 3.8) is 0 Å². The van der Waals surface area contributed by atoms with Gasteiger partial charge in [-0.2, -0.15) is 13.2 Å². The normalized spacial score (nSPS) is 19.0. The van der Waals surface area contributed by atoms with Crippen LogP contribution in [0.1, 0.15) is 18.1 Å². The minimum Gasteiger partial charge on any atom is -0.494 e. The van der Waals surface area contributed by atoms with Crippen molar-refractivity contribution < 1.29 is 22.6 Å². The van der Waals surface area contributed by atoms with Gasteiger partial charge in [0.05, 0.1) is 18.6 Å². The molecule has 0 saturated carbocycles. The largest absolute Gasteiger partial charge is 0.494 e. The van der Waals surface area contributed by atoms with Gasteiger partial charge < -0.3 is 14.4 Å². The molecule has 1 atom stereocenters. The van der Waals surface area contributed by atoms with Crippen LogP contribution < -0.4 is 9.47 Å². The second kappa shape index (κ2) is 7.13. The molecular weight excluding hydrogens is 357 g/mol. The highest BCUT2D eigenvalue weighted by atomic mass is 19.4. The fourth-order valence-electron chi connectivity index (χ4n) is 3.07. The standard InChI is InChI=1S/C20H21F3N2O2/c1-4-26-15-10-8-14(9-11-15)19(20(21,22)23)12-16-17(24-13-25(2)3)6-5-7-18(16)27-19/h5-11,13H,4,12H2,1-3H3. The molecule has 1 heterocycles. The van der Waals surface area contributed by atoms with Gasteiger partial charge in [0.15, 0.2) is 0 Å². The fraction of sp³-hybridized carbons (Fsp3) is 0.350. The first kappa shape index (κ1) is 19.1. The minimum absolute atomic E-state index is 0.0391. The van der Waals surface area contributed by atoms with Gasteiger partial charge in [0.1, 0.15) is 11.5 Å². The van der Waals surface area contributed by atoms with E-state index in [-0.39, 0.29) is 17.7 Å². The van der Waals surface area contributed by atoms with E-state index in [1.54, 1.807) is 43.5 Å². The van der Waals surface area contributed by atoms with Crippen molar-refractivity contribution in [2.45, 2.75) is 25.1 Å². The highest BCUT2D eigenvalue weighted by molar-refractivity contribution is 5.66. The Morgan fingerprint density at radius 1 is 1.19 bits per heavy atom. The molecule has 0 bridgehead atoms. The zero-order chi connectivity index (χ0) is 19.7. The number of aliphatic imine (C=N–C) groups is 1. The summed E-state index contributed by atoms with van der Waals surface area (Å²) in [5, 5.41) is 0. The van der Waals surface area contributed by atoms with Gasteiger partial charge in [-0.15, -0.1) is 0 Å². The fourth-order valence-corrected chi connectivity index (χ4v) is 3.07. The zero-order valence-corrected chi connectivity index (χ0v) is 15.4. The van der Waals surface area contributed by atoms with E-state index < -0.39 is 11.8 Å². The Kier molecular flexibility index (Phi) is 5.04. The molecule has 0 radical (unpaired) electrons. The van der Waals surface area contributed by atoms with E-state index in [1.165, 1.54) is 24.3 Å². The van der Waals surface area contributed by atoms with Gasteiger partial charge in [-0.1, -0.05) is 18.2 Å². The lowest BCUT2D eigenvalue weighted by Gasteiger charge is -2.31. The Hall–Kier alpha value is -2.70. The van der Waals surface area contributed by atoms with Crippen LogP contribution in [0, 0.1) is 0 Å². The Morgan fingerprint density at radius 2 is 1.89 bits per heavy atom. The molecule has 1 aliphatic rings. The summed E-state index contributed by atoms with van der Waals surface area (Å²) >= 11 is 0. The number of nitrogens with zero attached hydrogens (tertiary/aromatic N) is 2. The molecule has 0 aromatic heterocycles. The summed E-state index contributed by atoms with van der Waals surface area (Å²) in [6, 6.07) is 10.8. The maximum atomic E-state index is 14.2. The van der Waals surface area contributed by atoms with Gasteiger partial charge in [0.2, 0.25) is 5.60 Å². The average Bonchev–Trinajstić information content (AvgIpc) is 3.02. The maximum Gasteiger partial charge on any atom is 0.432 e. The van der Waals surface area contributed by atoms with Gasteiger partial charge in [0, 0.05) is 31.6 Å². The number of halogens is 3. The number of fused-ring (bicyclic) bond motifs is 1. The molecule has 2 aromatic rings. The molecule has 1 unspecified atom stereocenters. The number of rotatable bonds is 5. The zero-order valence-electron chi connectivity index (χ0n) is 15.4. The lowest BCUT2D eigenvalue weighted by molar-refractivity contribution is -0.248. The van der Waals surface area contributed by atoms with Gasteiger partial charge in [-0.3, -0.25) is 0 Å². The van der Waals surface area contributed by atoms with Gasteiger partial charge in [0.25, 0.3) is 0 Å². The summed E-state index contributed by atoms with van der Waals surface area (Å²) in [7, 11) is 3.59. The number of benzene rings is 2. The lowest BCUT2D eigenvalue weighted by Crippen LogP contribution is -2.46. The lowest BCUT2D eigenvalue weighted by atomic mass is 9.88. The van der Waals surface area contributed by atoms with Crippen LogP contribution in [0.4, 0.5) is 18.9 Å². The minimum atomic E-state index is -4.60. The summed E-state index contributed by atoms with van der Waals surface area (Å²) in [5.74, 6) is 0.722. The molecule has 7 heteroatoms. The molecule has 27 heavy (non-hydrogen) atoms. The molecular formula is C20H21F3N2O2. The highest BCUT2D eigenvalue weighted by Gasteiger charge is 2.61. The molecule has 144 valence electrons. The van der Waals surface area contributed by atoms with Crippen molar-refractivity contribution in [2.75, 3.05) is 20.7 Å². The molecule has 0 fully saturated rings. The smallest absolute Gasteiger partial charge is 0.432 e. The van der Waals surface area contributed by atoms with E-state index in [1.807, 2.05) is 6.92 Å². The van der Waals surface area contributed by atoms with Crippen molar-refractivity contribution in [1.82, 2.24) is 4.90 Å². The average molecular weight is 378 g/mol. The number of hydrogen-bond acceptors (Lipinski definition) is 3. The topological polar surface area (TPSA) is 34.1 Å². The Bertz CT molecular complexity index is 832. The maximum absolute atomic E-state index is 14.2. The van der Waals surface area contributed by atoms with E-state index >= 15 is 0 Å². The first-order chi connectivity index (χ1) is 12.8. The summed E-state index contributed by atoms with van der Waals surface area (Å²) in [5.41, 5.74) is -1.48. The van der Waals surface area contributed by atoms with E-state index in [9.17, 15) is 13.2 Å². The Labute approximate surface area is 156 Å². The van der Waals surface area contributed by atoms with E-state index in [2.05, 4.69) is 4.99 Å². The van der Waals surface area contributed by atoms with Crippen molar-refractivity contribution in [3.05, 3.63) is 53.6 Å². The number of ether oxygens (including phenoxy) is 2. The second-order valence-electron chi connectivity index (χ2n) is 6.52. The molecule has 0 aliphatic carbocycles. The summed E-state index contributed by atoms with van der Waals surface area (Å²) in [6.07, 6.45) is -3.37. The highest BCUT2D eigenvalue weighted by Crippen LogP contribution is 2.53. The van der Waals surface area contributed by atoms with Crippen molar-refractivity contribution in [1.29, 1.82) is 0 Å². The molecule has 1 aliphatic heterocycles. The SMILES string of the molecule is CCOc1ccc(C2(C(F)(F)F)Cc3c(N=CN(C)C)cccc3O2)cc1. The van der Waals surface area contributed by atoms with Gasteiger partial charge >= 0.3 is 6.18 Å². The number of alkyl halides is 3. The third-order valence-corrected chi connectivity index (χ3v) is 4.34. The van der Waals surface area contributed by atoms with E-state index in [4.69, 9.17) is 9.47 Å². The predicted molar refractivity (Wildman–Crippen MR) is 98.0 cm³/mol. The van der Waals surface area contributed by atoms with Crippen LogP contribution in [0.3, 0.4) is 0 Å². The molecule has 0 amide bonds. The van der Waals surface area contributed by atoms with Crippen molar-refractivity contribution >= 4 is 12.0 Å². The summed E-state index contributed by atoms with van der Waals surface area (Å²) in [4.78, 5) is 6.01. The Balaban J connectivity index is 2.03. The summed E-state index contributed by atoms with van der Waals surface area (Å²) in [6.45, 7) is 2.26. The number of hydrogen-bond donors (Lipinski definition) is 0. The van der Waals surface area contributed by atoms with Gasteiger partial charge in [-0.25, -0.2) is 4.99 Å². The quantitative estimate of drug-likeness (QED) is 0.559. The summed E-state index contributed by atoms with van der Waals surface area (Å²) < 4.78 is 53.3. The van der Waals surface area contributed by atoms with Crippen LogP contribution >= 0.6 is 0 Å². The molecule has 4 nitrogen and oxygen atoms in total.